The van der Waals surface area contributed by atoms with Crippen molar-refractivity contribution >= 4 is 0 Å². The Labute approximate surface area is 127 Å². The topological polar surface area (TPSA) is 50.7 Å². The van der Waals surface area contributed by atoms with Crippen molar-refractivity contribution in [1.29, 1.82) is 0 Å². The molecule has 0 bridgehead atoms. The van der Waals surface area contributed by atoms with E-state index in [4.69, 9.17) is 9.47 Å². The number of aliphatic hydroxyl groups excluding tert-OH is 1. The van der Waals surface area contributed by atoms with Crippen LogP contribution in [0.1, 0.15) is 25.3 Å². The minimum absolute atomic E-state index is 0.324. The molecule has 0 saturated carbocycles. The van der Waals surface area contributed by atoms with Crippen LogP contribution in [0.3, 0.4) is 0 Å². The number of hydrogen-bond acceptors (Lipinski definition) is 4. The Bertz CT molecular complexity index is 388. The maximum absolute atomic E-state index is 9.89. The van der Waals surface area contributed by atoms with Crippen LogP contribution < -0.4 is 10.1 Å². The fourth-order valence-corrected chi connectivity index (χ4v) is 2.46. The Balaban J connectivity index is 1.54. The summed E-state index contributed by atoms with van der Waals surface area (Å²) in [5.74, 6) is 1.50. The molecule has 1 heterocycles. The molecule has 21 heavy (non-hydrogen) atoms. The molecule has 1 aromatic rings. The van der Waals surface area contributed by atoms with Gasteiger partial charge in [0.15, 0.2) is 0 Å². The molecule has 2 rings (SSSR count). The number of rotatable bonds is 9. The summed E-state index contributed by atoms with van der Waals surface area (Å²) in [6.45, 7) is 5.74. The van der Waals surface area contributed by atoms with E-state index in [0.29, 0.717) is 19.1 Å². The lowest BCUT2D eigenvalue weighted by molar-refractivity contribution is 0.106. The molecule has 1 aromatic carbocycles. The first-order valence-corrected chi connectivity index (χ1v) is 7.96. The molecule has 2 N–H and O–H groups in total. The van der Waals surface area contributed by atoms with E-state index in [-0.39, 0.29) is 0 Å². The van der Waals surface area contributed by atoms with Crippen molar-refractivity contribution in [1.82, 2.24) is 5.32 Å². The zero-order chi connectivity index (χ0) is 14.9. The van der Waals surface area contributed by atoms with Crippen molar-refractivity contribution in [3.8, 4) is 5.75 Å². The van der Waals surface area contributed by atoms with Crippen LogP contribution in [0.4, 0.5) is 0 Å². The molecule has 0 spiro atoms. The summed E-state index contributed by atoms with van der Waals surface area (Å²) in [6, 6.07) is 8.03. The molecule has 4 nitrogen and oxygen atoms in total. The number of hydrogen-bond donors (Lipinski definition) is 2. The number of aliphatic hydroxyl groups is 1. The van der Waals surface area contributed by atoms with E-state index in [0.717, 1.165) is 38.3 Å². The van der Waals surface area contributed by atoms with E-state index in [1.54, 1.807) is 0 Å². The zero-order valence-electron chi connectivity index (χ0n) is 12.9. The van der Waals surface area contributed by atoms with Gasteiger partial charge in [-0.1, -0.05) is 19.1 Å². The van der Waals surface area contributed by atoms with E-state index in [1.807, 2.05) is 12.1 Å². The van der Waals surface area contributed by atoms with Crippen molar-refractivity contribution in [3.63, 3.8) is 0 Å². The van der Waals surface area contributed by atoms with Gasteiger partial charge in [0.1, 0.15) is 18.5 Å². The fourth-order valence-electron chi connectivity index (χ4n) is 2.46. The van der Waals surface area contributed by atoms with E-state index < -0.39 is 6.10 Å². The van der Waals surface area contributed by atoms with Gasteiger partial charge in [0.05, 0.1) is 0 Å². The second kappa shape index (κ2) is 9.03. The Morgan fingerprint density at radius 2 is 2.19 bits per heavy atom. The molecule has 2 unspecified atom stereocenters. The van der Waals surface area contributed by atoms with Gasteiger partial charge in [-0.15, -0.1) is 0 Å². The summed E-state index contributed by atoms with van der Waals surface area (Å²) in [5, 5.41) is 13.2. The second-order valence-corrected chi connectivity index (χ2v) is 5.68. The molecule has 1 saturated heterocycles. The highest BCUT2D eigenvalue weighted by atomic mass is 16.5. The summed E-state index contributed by atoms with van der Waals surface area (Å²) in [6.07, 6.45) is 2.84. The van der Waals surface area contributed by atoms with Crippen LogP contribution in [0.25, 0.3) is 0 Å². The molecule has 1 fully saturated rings. The molecular weight excluding hydrogens is 266 g/mol. The van der Waals surface area contributed by atoms with Crippen molar-refractivity contribution in [3.05, 3.63) is 29.8 Å². The Morgan fingerprint density at radius 1 is 1.38 bits per heavy atom. The summed E-state index contributed by atoms with van der Waals surface area (Å²) >= 11 is 0. The van der Waals surface area contributed by atoms with Crippen LogP contribution in [-0.4, -0.2) is 44.1 Å². The molecule has 0 aliphatic carbocycles. The third-order valence-corrected chi connectivity index (χ3v) is 3.91. The Morgan fingerprint density at radius 3 is 2.86 bits per heavy atom. The predicted octanol–water partition coefficient (Wildman–Crippen LogP) is 2.00. The van der Waals surface area contributed by atoms with Gasteiger partial charge in [-0.05, 0) is 49.4 Å². The minimum atomic E-state index is -0.476. The molecule has 4 heteroatoms. The Hall–Kier alpha value is -1.10. The molecular formula is C17H27NO3. The van der Waals surface area contributed by atoms with Gasteiger partial charge < -0.3 is 19.9 Å². The molecule has 2 atom stereocenters. The van der Waals surface area contributed by atoms with E-state index >= 15 is 0 Å². The highest BCUT2D eigenvalue weighted by Crippen LogP contribution is 2.15. The normalized spacial score (nSPS) is 19.6. The van der Waals surface area contributed by atoms with Gasteiger partial charge in [0, 0.05) is 19.8 Å². The maximum atomic E-state index is 9.89. The first kappa shape index (κ1) is 16.3. The third kappa shape index (κ3) is 6.04. The van der Waals surface area contributed by atoms with Crippen molar-refractivity contribution in [2.75, 3.05) is 32.9 Å². The molecule has 118 valence electrons. The predicted molar refractivity (Wildman–Crippen MR) is 83.7 cm³/mol. The Kier molecular flexibility index (Phi) is 7.00. The molecule has 0 amide bonds. The first-order chi connectivity index (χ1) is 10.3. The van der Waals surface area contributed by atoms with E-state index in [9.17, 15) is 5.11 Å². The average molecular weight is 293 g/mol. The van der Waals surface area contributed by atoms with Crippen molar-refractivity contribution in [2.45, 2.75) is 32.3 Å². The van der Waals surface area contributed by atoms with E-state index in [2.05, 4.69) is 24.4 Å². The molecule has 0 radical (unpaired) electrons. The highest BCUT2D eigenvalue weighted by molar-refractivity contribution is 5.27. The maximum Gasteiger partial charge on any atom is 0.119 e. The van der Waals surface area contributed by atoms with Crippen LogP contribution in [-0.2, 0) is 11.2 Å². The number of nitrogens with one attached hydrogen (secondary N) is 1. The SMILES string of the molecule is CCc1ccc(OCC(O)CNCCC2CCOC2)cc1. The smallest absolute Gasteiger partial charge is 0.119 e. The average Bonchev–Trinajstić information content (AvgIpc) is 3.03. The lowest BCUT2D eigenvalue weighted by Gasteiger charge is -2.14. The zero-order valence-corrected chi connectivity index (χ0v) is 12.9. The van der Waals surface area contributed by atoms with Crippen LogP contribution in [0.2, 0.25) is 0 Å². The lowest BCUT2D eigenvalue weighted by atomic mass is 10.1. The number of ether oxygens (including phenoxy) is 2. The molecule has 1 aliphatic heterocycles. The first-order valence-electron chi connectivity index (χ1n) is 7.96. The lowest BCUT2D eigenvalue weighted by Crippen LogP contribution is -2.32. The van der Waals surface area contributed by atoms with Gasteiger partial charge >= 0.3 is 0 Å². The second-order valence-electron chi connectivity index (χ2n) is 5.68. The van der Waals surface area contributed by atoms with Crippen LogP contribution in [0.5, 0.6) is 5.75 Å². The van der Waals surface area contributed by atoms with Crippen LogP contribution >= 0.6 is 0 Å². The summed E-state index contributed by atoms with van der Waals surface area (Å²) in [7, 11) is 0. The van der Waals surface area contributed by atoms with Gasteiger partial charge in [0.25, 0.3) is 0 Å². The minimum Gasteiger partial charge on any atom is -0.491 e. The monoisotopic (exact) mass is 293 g/mol. The number of benzene rings is 1. The molecule has 0 aromatic heterocycles. The summed E-state index contributed by atoms with van der Waals surface area (Å²) in [5.41, 5.74) is 1.29. The summed E-state index contributed by atoms with van der Waals surface area (Å²) in [4.78, 5) is 0. The van der Waals surface area contributed by atoms with Gasteiger partial charge in [0.2, 0.25) is 0 Å². The quantitative estimate of drug-likeness (QED) is 0.684. The third-order valence-electron chi connectivity index (χ3n) is 3.91. The van der Waals surface area contributed by atoms with Crippen molar-refractivity contribution < 1.29 is 14.6 Å². The highest BCUT2D eigenvalue weighted by Gasteiger charge is 2.14. The standard InChI is InChI=1S/C17H27NO3/c1-2-14-3-5-17(6-4-14)21-13-16(19)11-18-9-7-15-8-10-20-12-15/h3-6,15-16,18-19H,2,7-13H2,1H3. The van der Waals surface area contributed by atoms with E-state index in [1.165, 1.54) is 12.0 Å². The van der Waals surface area contributed by atoms with Crippen LogP contribution in [0.15, 0.2) is 24.3 Å². The van der Waals surface area contributed by atoms with Crippen LogP contribution in [0, 0.1) is 5.92 Å². The molecule has 1 aliphatic rings. The largest absolute Gasteiger partial charge is 0.491 e. The van der Waals surface area contributed by atoms with Gasteiger partial charge in [-0.25, -0.2) is 0 Å². The summed E-state index contributed by atoms with van der Waals surface area (Å²) < 4.78 is 10.9. The number of aryl methyl sites for hydroxylation is 1. The van der Waals surface area contributed by atoms with Crippen molar-refractivity contribution in [2.24, 2.45) is 5.92 Å². The van der Waals surface area contributed by atoms with Gasteiger partial charge in [-0.3, -0.25) is 0 Å². The fraction of sp³-hybridized carbons (Fsp3) is 0.647. The van der Waals surface area contributed by atoms with Gasteiger partial charge in [-0.2, -0.15) is 0 Å².